The third kappa shape index (κ3) is 4.80. The number of hydrogen-bond acceptors (Lipinski definition) is 9. The molecule has 1 aliphatic heterocycles. The van der Waals surface area contributed by atoms with E-state index in [9.17, 15) is 9.59 Å². The molecule has 0 spiro atoms. The maximum atomic E-state index is 12.5. The summed E-state index contributed by atoms with van der Waals surface area (Å²) in [6.45, 7) is 4.71. The number of ether oxygens (including phenoxy) is 2. The van der Waals surface area contributed by atoms with Crippen molar-refractivity contribution in [2.45, 2.75) is 37.3 Å². The number of aromatic nitrogens is 4. The van der Waals surface area contributed by atoms with Gasteiger partial charge in [0.2, 0.25) is 12.7 Å². The zero-order valence-corrected chi connectivity index (χ0v) is 18.5. The molecule has 2 amide bonds. The van der Waals surface area contributed by atoms with E-state index in [2.05, 4.69) is 25.8 Å². The monoisotopic (exact) mass is 460 g/mol. The molecule has 3 heterocycles. The van der Waals surface area contributed by atoms with Gasteiger partial charge in [0.15, 0.2) is 27.6 Å². The van der Waals surface area contributed by atoms with E-state index in [1.807, 2.05) is 11.5 Å². The van der Waals surface area contributed by atoms with Gasteiger partial charge in [-0.1, -0.05) is 11.8 Å². The van der Waals surface area contributed by atoms with Crippen LogP contribution in [0.2, 0.25) is 0 Å². The Morgan fingerprint density at radius 1 is 1.29 bits per heavy atom. The molecule has 0 fully saturated rings. The van der Waals surface area contributed by atoms with E-state index in [1.54, 1.807) is 36.7 Å². The molecular formula is C19H20N6O4S2. The number of anilines is 1. The average molecular weight is 461 g/mol. The Morgan fingerprint density at radius 3 is 2.90 bits per heavy atom. The van der Waals surface area contributed by atoms with Gasteiger partial charge in [0, 0.05) is 23.7 Å². The zero-order chi connectivity index (χ0) is 21.8. The first-order chi connectivity index (χ1) is 15.0. The number of amides is 2. The van der Waals surface area contributed by atoms with Crippen molar-refractivity contribution < 1.29 is 19.1 Å². The van der Waals surface area contributed by atoms with Crippen molar-refractivity contribution in [3.8, 4) is 11.5 Å². The molecule has 0 saturated carbocycles. The van der Waals surface area contributed by atoms with Crippen LogP contribution in [0.4, 0.5) is 5.13 Å². The van der Waals surface area contributed by atoms with Crippen molar-refractivity contribution in [2.24, 2.45) is 0 Å². The number of hydrogen-bond donors (Lipinski definition) is 2. The highest BCUT2D eigenvalue weighted by Crippen LogP contribution is 2.32. The fourth-order valence-corrected chi connectivity index (χ4v) is 4.32. The molecule has 0 aliphatic carbocycles. The Morgan fingerprint density at radius 2 is 2.13 bits per heavy atom. The molecule has 1 aliphatic rings. The molecule has 31 heavy (non-hydrogen) atoms. The second-order valence-corrected chi connectivity index (χ2v) is 8.68. The lowest BCUT2D eigenvalue weighted by Gasteiger charge is -2.12. The van der Waals surface area contributed by atoms with Crippen LogP contribution < -0.4 is 20.1 Å². The quantitative estimate of drug-likeness (QED) is 0.492. The third-order valence-electron chi connectivity index (χ3n) is 4.47. The van der Waals surface area contributed by atoms with E-state index in [0.29, 0.717) is 39.7 Å². The van der Waals surface area contributed by atoms with Gasteiger partial charge >= 0.3 is 0 Å². The first kappa shape index (κ1) is 21.1. The normalized spacial score (nSPS) is 13.1. The molecule has 162 valence electrons. The molecular weight excluding hydrogens is 440 g/mol. The molecule has 10 nitrogen and oxygen atoms in total. The topological polar surface area (TPSA) is 120 Å². The lowest BCUT2D eigenvalue weighted by atomic mass is 10.2. The van der Waals surface area contributed by atoms with Crippen LogP contribution in [0.15, 0.2) is 34.9 Å². The summed E-state index contributed by atoms with van der Waals surface area (Å²) in [6, 6.07) is 5.03. The van der Waals surface area contributed by atoms with Crippen molar-refractivity contribution in [3.63, 3.8) is 0 Å². The average Bonchev–Trinajstić information content (AvgIpc) is 3.52. The summed E-state index contributed by atoms with van der Waals surface area (Å²) in [5.41, 5.74) is 0.467. The van der Waals surface area contributed by atoms with Crippen LogP contribution >= 0.6 is 23.1 Å². The number of nitrogens with one attached hydrogen (secondary N) is 2. The van der Waals surface area contributed by atoms with Crippen molar-refractivity contribution in [2.75, 3.05) is 12.1 Å². The predicted octanol–water partition coefficient (Wildman–Crippen LogP) is 2.53. The van der Waals surface area contributed by atoms with Gasteiger partial charge < -0.3 is 24.7 Å². The van der Waals surface area contributed by atoms with Gasteiger partial charge in [-0.2, -0.15) is 0 Å². The third-order valence-corrected chi connectivity index (χ3v) is 6.23. The van der Waals surface area contributed by atoms with Gasteiger partial charge in [-0.3, -0.25) is 9.59 Å². The summed E-state index contributed by atoms with van der Waals surface area (Å²) in [7, 11) is 0. The summed E-state index contributed by atoms with van der Waals surface area (Å²) in [5.74, 6) is 1.36. The van der Waals surface area contributed by atoms with E-state index in [4.69, 9.17) is 9.47 Å². The number of thiazole rings is 1. The van der Waals surface area contributed by atoms with Crippen molar-refractivity contribution in [3.05, 3.63) is 41.2 Å². The van der Waals surface area contributed by atoms with Gasteiger partial charge in [-0.05, 0) is 32.0 Å². The van der Waals surface area contributed by atoms with E-state index in [-0.39, 0.29) is 25.2 Å². The van der Waals surface area contributed by atoms with E-state index >= 15 is 0 Å². The molecule has 3 aromatic rings. The summed E-state index contributed by atoms with van der Waals surface area (Å²) in [6.07, 6.45) is 1.63. The van der Waals surface area contributed by atoms with E-state index < -0.39 is 5.25 Å². The highest BCUT2D eigenvalue weighted by molar-refractivity contribution is 8.00. The van der Waals surface area contributed by atoms with Gasteiger partial charge in [-0.15, -0.1) is 21.5 Å². The number of carbonyl (C=O) groups is 2. The molecule has 0 saturated heterocycles. The highest BCUT2D eigenvalue weighted by Gasteiger charge is 2.21. The van der Waals surface area contributed by atoms with Crippen LogP contribution in [0.25, 0.3) is 0 Å². The SMILES string of the molecule is CCn1c(CNC(=O)c2ccc3c(c2)OCO3)nnc1S[C@H](C)C(=O)Nc1nccs1. The van der Waals surface area contributed by atoms with Gasteiger partial charge in [0.05, 0.1) is 11.8 Å². The summed E-state index contributed by atoms with van der Waals surface area (Å²) < 4.78 is 12.5. The minimum Gasteiger partial charge on any atom is -0.454 e. The first-order valence-electron chi connectivity index (χ1n) is 9.52. The second-order valence-electron chi connectivity index (χ2n) is 6.48. The molecule has 4 rings (SSSR count). The zero-order valence-electron chi connectivity index (χ0n) is 16.8. The Hall–Kier alpha value is -3.12. The lowest BCUT2D eigenvalue weighted by molar-refractivity contribution is -0.115. The van der Waals surface area contributed by atoms with Crippen LogP contribution in [0.1, 0.15) is 30.0 Å². The number of thioether (sulfide) groups is 1. The van der Waals surface area contributed by atoms with Gasteiger partial charge in [0.25, 0.3) is 5.91 Å². The number of nitrogens with zero attached hydrogens (tertiary/aromatic N) is 4. The van der Waals surface area contributed by atoms with Crippen molar-refractivity contribution in [1.29, 1.82) is 0 Å². The van der Waals surface area contributed by atoms with E-state index in [0.717, 1.165) is 0 Å². The van der Waals surface area contributed by atoms with Crippen LogP contribution in [0.5, 0.6) is 11.5 Å². The number of rotatable bonds is 8. The van der Waals surface area contributed by atoms with Crippen LogP contribution in [0.3, 0.4) is 0 Å². The van der Waals surface area contributed by atoms with Crippen LogP contribution in [-0.4, -0.2) is 43.6 Å². The molecule has 0 bridgehead atoms. The summed E-state index contributed by atoms with van der Waals surface area (Å²) >= 11 is 2.66. The second kappa shape index (κ2) is 9.35. The minimum atomic E-state index is -0.394. The Kier molecular flexibility index (Phi) is 6.37. The molecule has 1 atom stereocenters. The molecule has 2 aromatic heterocycles. The first-order valence-corrected chi connectivity index (χ1v) is 11.3. The predicted molar refractivity (Wildman–Crippen MR) is 115 cm³/mol. The number of benzene rings is 1. The Bertz CT molecular complexity index is 1090. The lowest BCUT2D eigenvalue weighted by Crippen LogP contribution is -2.25. The van der Waals surface area contributed by atoms with Crippen molar-refractivity contribution >= 4 is 40.0 Å². The molecule has 0 unspecified atom stereocenters. The summed E-state index contributed by atoms with van der Waals surface area (Å²) in [4.78, 5) is 28.9. The largest absolute Gasteiger partial charge is 0.454 e. The minimum absolute atomic E-state index is 0.154. The van der Waals surface area contributed by atoms with Gasteiger partial charge in [-0.25, -0.2) is 4.98 Å². The molecule has 2 N–H and O–H groups in total. The van der Waals surface area contributed by atoms with E-state index in [1.165, 1.54) is 23.1 Å². The Labute approximate surface area is 186 Å². The number of fused-ring (bicyclic) bond motifs is 1. The standard InChI is InChI=1S/C19H20N6O4S2/c1-3-25-15(9-21-17(27)12-4-5-13-14(8-12)29-10-28-13)23-24-19(25)31-11(2)16(26)22-18-20-6-7-30-18/h4-8,11H,3,9-10H2,1-2H3,(H,21,27)(H,20,22,26)/t11-/m1/s1. The maximum absolute atomic E-state index is 12.5. The highest BCUT2D eigenvalue weighted by atomic mass is 32.2. The Balaban J connectivity index is 1.37. The van der Waals surface area contributed by atoms with Crippen molar-refractivity contribution in [1.82, 2.24) is 25.1 Å². The molecule has 0 radical (unpaired) electrons. The fraction of sp³-hybridized carbons (Fsp3) is 0.316. The smallest absolute Gasteiger partial charge is 0.251 e. The number of carbonyl (C=O) groups excluding carboxylic acids is 2. The molecule has 1 aromatic carbocycles. The fourth-order valence-electron chi connectivity index (χ4n) is 2.86. The molecule has 12 heteroatoms. The summed E-state index contributed by atoms with van der Waals surface area (Å²) in [5, 5.41) is 16.6. The van der Waals surface area contributed by atoms with Crippen LogP contribution in [-0.2, 0) is 17.9 Å². The maximum Gasteiger partial charge on any atom is 0.251 e. The van der Waals surface area contributed by atoms with Crippen LogP contribution in [0, 0.1) is 0 Å². The van der Waals surface area contributed by atoms with Gasteiger partial charge in [0.1, 0.15) is 0 Å².